The molecule has 1 aromatic carbocycles. The molecule has 0 atom stereocenters. The summed E-state index contributed by atoms with van der Waals surface area (Å²) in [7, 11) is 3.88. The number of anilines is 1. The van der Waals surface area contributed by atoms with Gasteiger partial charge in [0.2, 0.25) is 0 Å². The lowest BCUT2D eigenvalue weighted by molar-refractivity contribution is 0.780. The van der Waals surface area contributed by atoms with E-state index in [-0.39, 0.29) is 0 Å². The van der Waals surface area contributed by atoms with Crippen molar-refractivity contribution >= 4 is 16.6 Å². The van der Waals surface area contributed by atoms with Gasteiger partial charge in [0.15, 0.2) is 0 Å². The maximum absolute atomic E-state index is 4.34. The first-order valence-electron chi connectivity index (χ1n) is 4.33. The van der Waals surface area contributed by atoms with Crippen molar-refractivity contribution in [2.24, 2.45) is 7.05 Å². The molecule has 0 amide bonds. The van der Waals surface area contributed by atoms with Crippen LogP contribution in [0.1, 0.15) is 5.56 Å². The molecule has 13 heavy (non-hydrogen) atoms. The van der Waals surface area contributed by atoms with Crippen LogP contribution in [0.2, 0.25) is 0 Å². The van der Waals surface area contributed by atoms with Gasteiger partial charge in [0.25, 0.3) is 0 Å². The summed E-state index contributed by atoms with van der Waals surface area (Å²) in [4.78, 5) is 0. The summed E-state index contributed by atoms with van der Waals surface area (Å²) < 4.78 is 1.84. The van der Waals surface area contributed by atoms with E-state index < -0.39 is 0 Å². The fourth-order valence-corrected chi connectivity index (χ4v) is 1.65. The first-order chi connectivity index (χ1) is 6.22. The highest BCUT2D eigenvalue weighted by Gasteiger charge is 2.05. The number of aryl methyl sites for hydroxylation is 2. The van der Waals surface area contributed by atoms with Crippen LogP contribution < -0.4 is 5.32 Å². The summed E-state index contributed by atoms with van der Waals surface area (Å²) in [6, 6.07) is 4.13. The second kappa shape index (κ2) is 2.76. The van der Waals surface area contributed by atoms with Gasteiger partial charge in [-0.2, -0.15) is 5.10 Å². The number of nitrogens with one attached hydrogen (secondary N) is 1. The molecule has 2 rings (SSSR count). The number of aromatic nitrogens is 2. The molecule has 0 saturated heterocycles. The van der Waals surface area contributed by atoms with Crippen molar-refractivity contribution in [1.82, 2.24) is 9.78 Å². The molecule has 3 heteroatoms. The van der Waals surface area contributed by atoms with E-state index in [0.29, 0.717) is 0 Å². The van der Waals surface area contributed by atoms with Gasteiger partial charge in [-0.25, -0.2) is 0 Å². The summed E-state index contributed by atoms with van der Waals surface area (Å²) in [5.41, 5.74) is 3.46. The largest absolute Gasteiger partial charge is 0.387 e. The number of hydrogen-bond acceptors (Lipinski definition) is 2. The van der Waals surface area contributed by atoms with Crippen molar-refractivity contribution in [2.45, 2.75) is 6.92 Å². The summed E-state index contributed by atoms with van der Waals surface area (Å²) in [6.07, 6.45) is 2.04. The fraction of sp³-hybridized carbons (Fsp3) is 0.300. The predicted molar refractivity (Wildman–Crippen MR) is 55.0 cm³/mol. The van der Waals surface area contributed by atoms with Crippen molar-refractivity contribution in [3.8, 4) is 0 Å². The van der Waals surface area contributed by atoms with Crippen molar-refractivity contribution in [3.05, 3.63) is 23.9 Å². The SMILES string of the molecule is CNc1c(C)ccc2nn(C)cc12. The van der Waals surface area contributed by atoms with E-state index in [4.69, 9.17) is 0 Å². The highest BCUT2D eigenvalue weighted by molar-refractivity contribution is 5.92. The smallest absolute Gasteiger partial charge is 0.0944 e. The summed E-state index contributed by atoms with van der Waals surface area (Å²) in [5, 5.41) is 8.72. The summed E-state index contributed by atoms with van der Waals surface area (Å²) in [5.74, 6) is 0. The molecular formula is C10H13N3. The highest BCUT2D eigenvalue weighted by Crippen LogP contribution is 2.25. The van der Waals surface area contributed by atoms with Crippen LogP contribution in [0.15, 0.2) is 18.3 Å². The van der Waals surface area contributed by atoms with Gasteiger partial charge in [-0.15, -0.1) is 0 Å². The van der Waals surface area contributed by atoms with Gasteiger partial charge in [0.05, 0.1) is 5.52 Å². The van der Waals surface area contributed by atoms with E-state index in [9.17, 15) is 0 Å². The highest BCUT2D eigenvalue weighted by atomic mass is 15.2. The fourth-order valence-electron chi connectivity index (χ4n) is 1.65. The van der Waals surface area contributed by atoms with E-state index in [1.807, 2.05) is 31.0 Å². The van der Waals surface area contributed by atoms with Crippen LogP contribution in [0.25, 0.3) is 10.9 Å². The lowest BCUT2D eigenvalue weighted by Crippen LogP contribution is -1.91. The van der Waals surface area contributed by atoms with Crippen molar-refractivity contribution in [3.63, 3.8) is 0 Å². The van der Waals surface area contributed by atoms with E-state index in [2.05, 4.69) is 23.4 Å². The molecule has 2 aromatic rings. The van der Waals surface area contributed by atoms with E-state index in [1.165, 1.54) is 16.6 Å². The standard InChI is InChI=1S/C10H13N3/c1-7-4-5-9-8(10(7)11-2)6-13(3)12-9/h4-6,11H,1-3H3. The average Bonchev–Trinajstić information content (AvgIpc) is 2.45. The second-order valence-corrected chi connectivity index (χ2v) is 3.24. The molecule has 0 aliphatic carbocycles. The van der Waals surface area contributed by atoms with Crippen LogP contribution >= 0.6 is 0 Å². The zero-order chi connectivity index (χ0) is 9.42. The normalized spacial score (nSPS) is 10.7. The number of rotatable bonds is 1. The maximum atomic E-state index is 4.34. The monoisotopic (exact) mass is 175 g/mol. The molecule has 3 nitrogen and oxygen atoms in total. The Kier molecular flexibility index (Phi) is 1.72. The number of benzene rings is 1. The summed E-state index contributed by atoms with van der Waals surface area (Å²) in [6.45, 7) is 2.10. The quantitative estimate of drug-likeness (QED) is 0.717. The second-order valence-electron chi connectivity index (χ2n) is 3.24. The van der Waals surface area contributed by atoms with Crippen LogP contribution in [-0.2, 0) is 7.05 Å². The zero-order valence-electron chi connectivity index (χ0n) is 8.13. The van der Waals surface area contributed by atoms with Gasteiger partial charge in [-0.05, 0) is 18.6 Å². The molecule has 0 unspecified atom stereocenters. The number of hydrogen-bond donors (Lipinski definition) is 1. The Bertz CT molecular complexity index is 443. The molecule has 1 heterocycles. The topological polar surface area (TPSA) is 29.9 Å². The molecule has 1 aromatic heterocycles. The van der Waals surface area contributed by atoms with Gasteiger partial charge in [-0.1, -0.05) is 6.07 Å². The third kappa shape index (κ3) is 1.16. The van der Waals surface area contributed by atoms with Crippen molar-refractivity contribution in [2.75, 3.05) is 12.4 Å². The molecule has 1 N–H and O–H groups in total. The summed E-state index contributed by atoms with van der Waals surface area (Å²) >= 11 is 0. The molecular weight excluding hydrogens is 162 g/mol. The van der Waals surface area contributed by atoms with E-state index in [1.54, 1.807) is 0 Å². The van der Waals surface area contributed by atoms with Crippen LogP contribution in [0.3, 0.4) is 0 Å². The maximum Gasteiger partial charge on any atom is 0.0944 e. The molecule has 68 valence electrons. The molecule has 0 fully saturated rings. The Morgan fingerprint density at radius 3 is 2.85 bits per heavy atom. The van der Waals surface area contributed by atoms with E-state index >= 15 is 0 Å². The Balaban J connectivity index is 2.82. The van der Waals surface area contributed by atoms with Crippen molar-refractivity contribution in [1.29, 1.82) is 0 Å². The third-order valence-electron chi connectivity index (χ3n) is 2.26. The Labute approximate surface area is 77.4 Å². The Morgan fingerprint density at radius 1 is 1.38 bits per heavy atom. The molecule has 0 spiro atoms. The van der Waals surface area contributed by atoms with Gasteiger partial charge in [0.1, 0.15) is 0 Å². The van der Waals surface area contributed by atoms with Gasteiger partial charge >= 0.3 is 0 Å². The zero-order valence-corrected chi connectivity index (χ0v) is 8.13. The molecule has 0 saturated carbocycles. The first kappa shape index (κ1) is 8.10. The lowest BCUT2D eigenvalue weighted by Gasteiger charge is -2.04. The average molecular weight is 175 g/mol. The van der Waals surface area contributed by atoms with Crippen LogP contribution in [0, 0.1) is 6.92 Å². The molecule has 0 radical (unpaired) electrons. The minimum Gasteiger partial charge on any atom is -0.387 e. The Morgan fingerprint density at radius 2 is 2.15 bits per heavy atom. The number of fused-ring (bicyclic) bond motifs is 1. The lowest BCUT2D eigenvalue weighted by atomic mass is 10.1. The first-order valence-corrected chi connectivity index (χ1v) is 4.33. The van der Waals surface area contributed by atoms with Crippen molar-refractivity contribution < 1.29 is 0 Å². The van der Waals surface area contributed by atoms with Crippen LogP contribution in [0.4, 0.5) is 5.69 Å². The number of nitrogens with zero attached hydrogens (tertiary/aromatic N) is 2. The van der Waals surface area contributed by atoms with Crippen LogP contribution in [-0.4, -0.2) is 16.8 Å². The molecule has 0 bridgehead atoms. The third-order valence-corrected chi connectivity index (χ3v) is 2.26. The van der Waals surface area contributed by atoms with E-state index in [0.717, 1.165) is 5.52 Å². The minimum atomic E-state index is 1.04. The molecule has 0 aliphatic heterocycles. The van der Waals surface area contributed by atoms with Gasteiger partial charge < -0.3 is 5.32 Å². The van der Waals surface area contributed by atoms with Gasteiger partial charge in [-0.3, -0.25) is 4.68 Å². The predicted octanol–water partition coefficient (Wildman–Crippen LogP) is 1.92. The minimum absolute atomic E-state index is 1.04. The van der Waals surface area contributed by atoms with Crippen LogP contribution in [0.5, 0.6) is 0 Å². The molecule has 0 aliphatic rings. The van der Waals surface area contributed by atoms with Gasteiger partial charge in [0, 0.05) is 31.4 Å². The Hall–Kier alpha value is -1.51.